The first-order valence-corrected chi connectivity index (χ1v) is 7.42. The van der Waals surface area contributed by atoms with Crippen LogP contribution in [0.25, 0.3) is 0 Å². The van der Waals surface area contributed by atoms with Gasteiger partial charge < -0.3 is 4.74 Å². The van der Waals surface area contributed by atoms with E-state index < -0.39 is 0 Å². The Kier molecular flexibility index (Phi) is 4.25. The standard InChI is InChI=1S/C14H21BrN2O/c1-14(2,3)13-16-11(15)8-12(17-13)18-9-10-6-4-5-7-10/h8,10H,4-7,9H2,1-3H3. The highest BCUT2D eigenvalue weighted by molar-refractivity contribution is 9.10. The summed E-state index contributed by atoms with van der Waals surface area (Å²) < 4.78 is 6.62. The van der Waals surface area contributed by atoms with Crippen molar-refractivity contribution in [3.8, 4) is 5.88 Å². The Morgan fingerprint density at radius 1 is 1.28 bits per heavy atom. The number of rotatable bonds is 3. The number of hydrogen-bond acceptors (Lipinski definition) is 3. The summed E-state index contributed by atoms with van der Waals surface area (Å²) in [4.78, 5) is 8.91. The van der Waals surface area contributed by atoms with Crippen LogP contribution in [0.5, 0.6) is 5.88 Å². The molecule has 1 saturated carbocycles. The molecule has 18 heavy (non-hydrogen) atoms. The van der Waals surface area contributed by atoms with E-state index in [1.807, 2.05) is 6.07 Å². The fourth-order valence-electron chi connectivity index (χ4n) is 2.19. The Morgan fingerprint density at radius 2 is 1.94 bits per heavy atom. The van der Waals surface area contributed by atoms with Gasteiger partial charge in [-0.05, 0) is 34.7 Å². The highest BCUT2D eigenvalue weighted by Crippen LogP contribution is 2.27. The lowest BCUT2D eigenvalue weighted by Crippen LogP contribution is -2.17. The molecule has 1 fully saturated rings. The Hall–Kier alpha value is -0.640. The van der Waals surface area contributed by atoms with Gasteiger partial charge in [-0.25, -0.2) is 4.98 Å². The SMILES string of the molecule is CC(C)(C)c1nc(Br)cc(OCC2CCCC2)n1. The van der Waals surface area contributed by atoms with Crippen molar-refractivity contribution in [2.45, 2.75) is 51.9 Å². The van der Waals surface area contributed by atoms with Crippen molar-refractivity contribution in [1.82, 2.24) is 9.97 Å². The van der Waals surface area contributed by atoms with Crippen molar-refractivity contribution in [3.63, 3.8) is 0 Å². The fourth-order valence-corrected chi connectivity index (χ4v) is 2.55. The largest absolute Gasteiger partial charge is 0.477 e. The maximum Gasteiger partial charge on any atom is 0.217 e. The van der Waals surface area contributed by atoms with Crippen LogP contribution in [0.1, 0.15) is 52.3 Å². The molecule has 0 aliphatic heterocycles. The van der Waals surface area contributed by atoms with Crippen LogP contribution in [0.4, 0.5) is 0 Å². The first-order chi connectivity index (χ1) is 8.45. The van der Waals surface area contributed by atoms with Gasteiger partial charge in [0, 0.05) is 11.5 Å². The minimum absolute atomic E-state index is 0.0603. The van der Waals surface area contributed by atoms with Crippen molar-refractivity contribution >= 4 is 15.9 Å². The molecule has 100 valence electrons. The van der Waals surface area contributed by atoms with E-state index in [1.165, 1.54) is 25.7 Å². The average Bonchev–Trinajstić information content (AvgIpc) is 2.77. The van der Waals surface area contributed by atoms with Crippen molar-refractivity contribution < 1.29 is 4.74 Å². The van der Waals surface area contributed by atoms with Crippen LogP contribution >= 0.6 is 15.9 Å². The third-order valence-corrected chi connectivity index (χ3v) is 3.69. The second-order valence-electron chi connectivity index (χ2n) is 6.06. The first-order valence-electron chi connectivity index (χ1n) is 6.63. The number of ether oxygens (including phenoxy) is 1. The second-order valence-corrected chi connectivity index (χ2v) is 6.88. The fraction of sp³-hybridized carbons (Fsp3) is 0.714. The van der Waals surface area contributed by atoms with E-state index in [4.69, 9.17) is 4.74 Å². The van der Waals surface area contributed by atoms with Gasteiger partial charge in [0.05, 0.1) is 6.61 Å². The second kappa shape index (κ2) is 5.55. The predicted molar refractivity (Wildman–Crippen MR) is 75.9 cm³/mol. The van der Waals surface area contributed by atoms with Crippen LogP contribution in [0.15, 0.2) is 10.7 Å². The minimum Gasteiger partial charge on any atom is -0.477 e. The predicted octanol–water partition coefficient (Wildman–Crippen LogP) is 4.11. The molecule has 0 radical (unpaired) electrons. The van der Waals surface area contributed by atoms with Gasteiger partial charge >= 0.3 is 0 Å². The van der Waals surface area contributed by atoms with Gasteiger partial charge in [0.2, 0.25) is 5.88 Å². The van der Waals surface area contributed by atoms with E-state index in [0.717, 1.165) is 17.0 Å². The first kappa shape index (κ1) is 13.8. The third kappa shape index (κ3) is 3.67. The monoisotopic (exact) mass is 312 g/mol. The summed E-state index contributed by atoms with van der Waals surface area (Å²) >= 11 is 3.43. The molecule has 1 aromatic heterocycles. The molecule has 1 aliphatic carbocycles. The van der Waals surface area contributed by atoms with Crippen LogP contribution in [0, 0.1) is 5.92 Å². The lowest BCUT2D eigenvalue weighted by atomic mass is 9.96. The quantitative estimate of drug-likeness (QED) is 0.788. The van der Waals surface area contributed by atoms with Crippen LogP contribution < -0.4 is 4.74 Å². The Morgan fingerprint density at radius 3 is 2.56 bits per heavy atom. The maximum atomic E-state index is 5.83. The molecule has 2 rings (SSSR count). The van der Waals surface area contributed by atoms with Gasteiger partial charge in [-0.2, -0.15) is 4.98 Å². The zero-order chi connectivity index (χ0) is 13.2. The lowest BCUT2D eigenvalue weighted by molar-refractivity contribution is 0.241. The molecule has 1 heterocycles. The average molecular weight is 313 g/mol. The molecule has 3 nitrogen and oxygen atoms in total. The lowest BCUT2D eigenvalue weighted by Gasteiger charge is -2.18. The smallest absolute Gasteiger partial charge is 0.217 e. The molecule has 0 saturated heterocycles. The summed E-state index contributed by atoms with van der Waals surface area (Å²) in [6.07, 6.45) is 5.26. The summed E-state index contributed by atoms with van der Waals surface area (Å²) in [5.41, 5.74) is -0.0603. The molecule has 0 aromatic carbocycles. The molecule has 1 aliphatic rings. The van der Waals surface area contributed by atoms with Gasteiger partial charge in [-0.3, -0.25) is 0 Å². The molecule has 0 spiro atoms. The molecule has 4 heteroatoms. The number of nitrogens with zero attached hydrogens (tertiary/aromatic N) is 2. The number of aromatic nitrogens is 2. The zero-order valence-electron chi connectivity index (χ0n) is 11.4. The van der Waals surface area contributed by atoms with Crippen molar-refractivity contribution in [1.29, 1.82) is 0 Å². The molecule has 0 N–H and O–H groups in total. The summed E-state index contributed by atoms with van der Waals surface area (Å²) in [5.74, 6) is 2.21. The third-order valence-electron chi connectivity index (χ3n) is 3.28. The van der Waals surface area contributed by atoms with Gasteiger partial charge in [-0.15, -0.1) is 0 Å². The van der Waals surface area contributed by atoms with Crippen molar-refractivity contribution in [3.05, 3.63) is 16.5 Å². The van der Waals surface area contributed by atoms with Crippen LogP contribution in [-0.2, 0) is 5.41 Å². The van der Waals surface area contributed by atoms with Gasteiger partial charge in [0.1, 0.15) is 10.4 Å². The Bertz CT molecular complexity index is 409. The molecule has 0 unspecified atom stereocenters. The highest BCUT2D eigenvalue weighted by atomic mass is 79.9. The van der Waals surface area contributed by atoms with Gasteiger partial charge in [0.25, 0.3) is 0 Å². The normalized spacial score (nSPS) is 17.1. The summed E-state index contributed by atoms with van der Waals surface area (Å²) in [5, 5.41) is 0. The molecule has 0 atom stereocenters. The van der Waals surface area contributed by atoms with Crippen LogP contribution in [-0.4, -0.2) is 16.6 Å². The van der Waals surface area contributed by atoms with Crippen LogP contribution in [0.2, 0.25) is 0 Å². The van der Waals surface area contributed by atoms with Gasteiger partial charge in [-0.1, -0.05) is 33.6 Å². The maximum absolute atomic E-state index is 5.83. The minimum atomic E-state index is -0.0603. The Balaban J connectivity index is 2.05. The number of hydrogen-bond donors (Lipinski definition) is 0. The van der Waals surface area contributed by atoms with E-state index in [1.54, 1.807) is 0 Å². The van der Waals surface area contributed by atoms with E-state index in [2.05, 4.69) is 46.7 Å². The molecular formula is C14H21BrN2O. The zero-order valence-corrected chi connectivity index (χ0v) is 13.0. The van der Waals surface area contributed by atoms with E-state index in [0.29, 0.717) is 11.8 Å². The van der Waals surface area contributed by atoms with Crippen molar-refractivity contribution in [2.75, 3.05) is 6.61 Å². The summed E-state index contributed by atoms with van der Waals surface area (Å²) in [7, 11) is 0. The molecule has 1 aromatic rings. The molecule has 0 amide bonds. The van der Waals surface area contributed by atoms with E-state index >= 15 is 0 Å². The van der Waals surface area contributed by atoms with E-state index in [9.17, 15) is 0 Å². The summed E-state index contributed by atoms with van der Waals surface area (Å²) in [6, 6.07) is 1.85. The summed E-state index contributed by atoms with van der Waals surface area (Å²) in [6.45, 7) is 7.10. The highest BCUT2D eigenvalue weighted by Gasteiger charge is 2.20. The number of halogens is 1. The molecular weight excluding hydrogens is 292 g/mol. The topological polar surface area (TPSA) is 35.0 Å². The Labute approximate surface area is 117 Å². The van der Waals surface area contributed by atoms with Crippen molar-refractivity contribution in [2.24, 2.45) is 5.92 Å². The molecule has 0 bridgehead atoms. The van der Waals surface area contributed by atoms with E-state index in [-0.39, 0.29) is 5.41 Å². The van der Waals surface area contributed by atoms with Gasteiger partial charge in [0.15, 0.2) is 0 Å². The van der Waals surface area contributed by atoms with Crippen LogP contribution in [0.3, 0.4) is 0 Å².